The molecule has 0 radical (unpaired) electrons. The number of methoxy groups -OCH3 is 1. The minimum Gasteiger partial charge on any atom is -0.495 e. The number of anilines is 2. The highest BCUT2D eigenvalue weighted by Gasteiger charge is 2.23. The number of carbonyl (C=O) groups is 1. The average molecular weight is 318 g/mol. The minimum atomic E-state index is -0.0883. The van der Waals surface area contributed by atoms with E-state index in [1.807, 2.05) is 34.5 Å². The first-order valence-electron chi connectivity index (χ1n) is 7.11. The lowest BCUT2D eigenvalue weighted by Gasteiger charge is -2.36. The normalized spacial score (nSPS) is 14.8. The molecule has 1 aromatic heterocycles. The number of ether oxygens (including phenoxy) is 1. The topological polar surface area (TPSA) is 57.7 Å². The Morgan fingerprint density at radius 2 is 2.05 bits per heavy atom. The third-order valence-electron chi connectivity index (χ3n) is 3.64. The van der Waals surface area contributed by atoms with Crippen molar-refractivity contribution in [2.45, 2.75) is 0 Å². The molecule has 0 bridgehead atoms. The van der Waals surface area contributed by atoms with Crippen molar-refractivity contribution in [3.63, 3.8) is 0 Å². The van der Waals surface area contributed by atoms with Crippen LogP contribution in [0.2, 0.25) is 0 Å². The van der Waals surface area contributed by atoms with Gasteiger partial charge in [-0.25, -0.2) is 9.78 Å². The van der Waals surface area contributed by atoms with E-state index in [1.54, 1.807) is 13.3 Å². The summed E-state index contributed by atoms with van der Waals surface area (Å²) in [6, 6.07) is 7.87. The van der Waals surface area contributed by atoms with E-state index in [4.69, 9.17) is 4.74 Å². The Labute approximate surface area is 133 Å². The van der Waals surface area contributed by atoms with E-state index in [0.29, 0.717) is 18.2 Å². The van der Waals surface area contributed by atoms with Gasteiger partial charge >= 0.3 is 6.03 Å². The van der Waals surface area contributed by atoms with Crippen LogP contribution in [0.1, 0.15) is 0 Å². The van der Waals surface area contributed by atoms with Crippen LogP contribution in [-0.4, -0.2) is 49.2 Å². The summed E-state index contributed by atoms with van der Waals surface area (Å²) in [7, 11) is 1.68. The highest BCUT2D eigenvalue weighted by molar-refractivity contribution is 7.13. The Bertz CT molecular complexity index is 624. The Balaban J connectivity index is 1.59. The number of hydrogen-bond acceptors (Lipinski definition) is 5. The molecular weight excluding hydrogens is 300 g/mol. The van der Waals surface area contributed by atoms with Crippen molar-refractivity contribution >= 4 is 28.2 Å². The van der Waals surface area contributed by atoms with Crippen LogP contribution in [0.4, 0.5) is 15.6 Å². The first-order valence-corrected chi connectivity index (χ1v) is 7.99. The van der Waals surface area contributed by atoms with Gasteiger partial charge in [0.15, 0.2) is 5.13 Å². The molecule has 1 N–H and O–H groups in total. The number of thiazole rings is 1. The molecule has 1 aliphatic rings. The van der Waals surface area contributed by atoms with E-state index in [9.17, 15) is 4.79 Å². The number of para-hydroxylation sites is 2. The molecule has 22 heavy (non-hydrogen) atoms. The highest BCUT2D eigenvalue weighted by atomic mass is 32.1. The second kappa shape index (κ2) is 6.65. The SMILES string of the molecule is COc1ccccc1N1CCN(C(=O)Nc2nccs2)CC1. The fraction of sp³-hybridized carbons (Fsp3) is 0.333. The van der Waals surface area contributed by atoms with E-state index in [2.05, 4.69) is 15.2 Å². The van der Waals surface area contributed by atoms with E-state index < -0.39 is 0 Å². The molecule has 0 atom stereocenters. The van der Waals surface area contributed by atoms with Gasteiger partial charge in [-0.05, 0) is 12.1 Å². The van der Waals surface area contributed by atoms with Crippen LogP contribution in [0.15, 0.2) is 35.8 Å². The zero-order valence-electron chi connectivity index (χ0n) is 12.4. The van der Waals surface area contributed by atoms with Crippen molar-refractivity contribution in [3.05, 3.63) is 35.8 Å². The molecule has 6 nitrogen and oxygen atoms in total. The van der Waals surface area contributed by atoms with Crippen molar-refractivity contribution < 1.29 is 9.53 Å². The maximum absolute atomic E-state index is 12.2. The van der Waals surface area contributed by atoms with Gasteiger partial charge in [0, 0.05) is 37.8 Å². The Morgan fingerprint density at radius 3 is 2.73 bits per heavy atom. The van der Waals surface area contributed by atoms with Crippen molar-refractivity contribution in [2.75, 3.05) is 43.5 Å². The summed E-state index contributed by atoms with van der Waals surface area (Å²) >= 11 is 1.42. The number of carbonyl (C=O) groups excluding carboxylic acids is 1. The quantitative estimate of drug-likeness (QED) is 0.945. The Kier molecular flexibility index (Phi) is 4.43. The molecule has 7 heteroatoms. The summed E-state index contributed by atoms with van der Waals surface area (Å²) in [6.45, 7) is 2.92. The number of benzene rings is 1. The number of hydrogen-bond donors (Lipinski definition) is 1. The van der Waals surface area contributed by atoms with E-state index in [0.717, 1.165) is 24.5 Å². The van der Waals surface area contributed by atoms with Gasteiger partial charge < -0.3 is 14.5 Å². The van der Waals surface area contributed by atoms with Gasteiger partial charge in [-0.1, -0.05) is 12.1 Å². The van der Waals surface area contributed by atoms with E-state index in [1.165, 1.54) is 11.3 Å². The predicted octanol–water partition coefficient (Wildman–Crippen LogP) is 2.51. The highest BCUT2D eigenvalue weighted by Crippen LogP contribution is 2.28. The van der Waals surface area contributed by atoms with Crippen LogP contribution in [0.25, 0.3) is 0 Å². The van der Waals surface area contributed by atoms with Gasteiger partial charge in [-0.3, -0.25) is 5.32 Å². The molecule has 1 aromatic carbocycles. The molecule has 116 valence electrons. The summed E-state index contributed by atoms with van der Waals surface area (Å²) in [6.07, 6.45) is 1.68. The number of amides is 2. The lowest BCUT2D eigenvalue weighted by atomic mass is 10.2. The molecule has 1 fully saturated rings. The third kappa shape index (κ3) is 3.14. The molecule has 2 heterocycles. The number of nitrogens with one attached hydrogen (secondary N) is 1. The number of piperazine rings is 1. The molecule has 0 aliphatic carbocycles. The maximum atomic E-state index is 12.2. The van der Waals surface area contributed by atoms with Gasteiger partial charge in [0.1, 0.15) is 5.75 Å². The van der Waals surface area contributed by atoms with Crippen LogP contribution < -0.4 is 15.0 Å². The first kappa shape index (κ1) is 14.6. The molecule has 3 rings (SSSR count). The summed E-state index contributed by atoms with van der Waals surface area (Å²) in [5.74, 6) is 0.864. The smallest absolute Gasteiger partial charge is 0.323 e. The largest absolute Gasteiger partial charge is 0.495 e. The number of aromatic nitrogens is 1. The van der Waals surface area contributed by atoms with Crippen molar-refractivity contribution in [1.29, 1.82) is 0 Å². The molecule has 2 aromatic rings. The predicted molar refractivity (Wildman–Crippen MR) is 87.9 cm³/mol. The van der Waals surface area contributed by atoms with Crippen LogP contribution in [-0.2, 0) is 0 Å². The minimum absolute atomic E-state index is 0.0883. The van der Waals surface area contributed by atoms with Gasteiger partial charge in [0.05, 0.1) is 12.8 Å². The van der Waals surface area contributed by atoms with Gasteiger partial charge in [-0.15, -0.1) is 11.3 Å². The Morgan fingerprint density at radius 1 is 1.27 bits per heavy atom. The molecule has 0 saturated carbocycles. The number of rotatable bonds is 3. The lowest BCUT2D eigenvalue weighted by molar-refractivity contribution is 0.208. The standard InChI is InChI=1S/C15H18N4O2S/c1-21-13-5-3-2-4-12(13)18-7-9-19(10-8-18)15(20)17-14-16-6-11-22-14/h2-6,11H,7-10H2,1H3,(H,16,17,20). The van der Waals surface area contributed by atoms with E-state index in [-0.39, 0.29) is 6.03 Å². The van der Waals surface area contributed by atoms with Gasteiger partial charge in [0.25, 0.3) is 0 Å². The molecule has 1 saturated heterocycles. The van der Waals surface area contributed by atoms with E-state index >= 15 is 0 Å². The summed E-state index contributed by atoms with van der Waals surface area (Å²) in [4.78, 5) is 20.3. The maximum Gasteiger partial charge on any atom is 0.323 e. The van der Waals surface area contributed by atoms with Crippen LogP contribution in [0.3, 0.4) is 0 Å². The molecule has 2 amide bonds. The van der Waals surface area contributed by atoms with Crippen LogP contribution in [0, 0.1) is 0 Å². The molecule has 1 aliphatic heterocycles. The lowest BCUT2D eigenvalue weighted by Crippen LogP contribution is -2.50. The summed E-state index contributed by atoms with van der Waals surface area (Å²) < 4.78 is 5.40. The van der Waals surface area contributed by atoms with Crippen molar-refractivity contribution in [1.82, 2.24) is 9.88 Å². The van der Waals surface area contributed by atoms with Crippen molar-refractivity contribution in [2.24, 2.45) is 0 Å². The first-order chi connectivity index (χ1) is 10.8. The average Bonchev–Trinajstić information content (AvgIpc) is 3.08. The second-order valence-electron chi connectivity index (χ2n) is 4.91. The third-order valence-corrected chi connectivity index (χ3v) is 4.33. The molecule has 0 spiro atoms. The molecular formula is C15H18N4O2S. The monoisotopic (exact) mass is 318 g/mol. The fourth-order valence-electron chi connectivity index (χ4n) is 2.50. The zero-order chi connectivity index (χ0) is 15.4. The van der Waals surface area contributed by atoms with Crippen LogP contribution in [0.5, 0.6) is 5.75 Å². The fourth-order valence-corrected chi connectivity index (χ4v) is 3.02. The van der Waals surface area contributed by atoms with Crippen molar-refractivity contribution in [3.8, 4) is 5.75 Å². The van der Waals surface area contributed by atoms with Crippen LogP contribution >= 0.6 is 11.3 Å². The summed E-state index contributed by atoms with van der Waals surface area (Å²) in [5.41, 5.74) is 1.07. The summed E-state index contributed by atoms with van der Waals surface area (Å²) in [5, 5.41) is 5.30. The molecule has 0 unspecified atom stereocenters. The van der Waals surface area contributed by atoms with Gasteiger partial charge in [-0.2, -0.15) is 0 Å². The van der Waals surface area contributed by atoms with Gasteiger partial charge in [0.2, 0.25) is 0 Å². The zero-order valence-corrected chi connectivity index (χ0v) is 13.2. The second-order valence-corrected chi connectivity index (χ2v) is 5.81. The Hall–Kier alpha value is -2.28. The number of nitrogens with zero attached hydrogens (tertiary/aromatic N) is 3. The number of urea groups is 1.